The molecule has 1 unspecified atom stereocenters. The zero-order valence-electron chi connectivity index (χ0n) is 18.8. The fourth-order valence-electron chi connectivity index (χ4n) is 5.52. The van der Waals surface area contributed by atoms with Crippen LogP contribution in [0.5, 0.6) is 0 Å². The van der Waals surface area contributed by atoms with E-state index in [1.807, 2.05) is 18.7 Å². The van der Waals surface area contributed by atoms with Crippen molar-refractivity contribution in [2.45, 2.75) is 71.4 Å². The molecule has 1 saturated heterocycles. The van der Waals surface area contributed by atoms with Gasteiger partial charge in [0.1, 0.15) is 0 Å². The predicted octanol–water partition coefficient (Wildman–Crippen LogP) is 4.36. The molecule has 5 heteroatoms. The highest BCUT2D eigenvalue weighted by atomic mass is 16.2. The van der Waals surface area contributed by atoms with E-state index >= 15 is 0 Å². The van der Waals surface area contributed by atoms with Crippen molar-refractivity contribution in [3.8, 4) is 0 Å². The normalized spacial score (nSPS) is 24.0. The third-order valence-electron chi connectivity index (χ3n) is 7.20. The minimum absolute atomic E-state index is 0.0712. The third kappa shape index (κ3) is 3.43. The second kappa shape index (κ2) is 7.67. The highest BCUT2D eigenvalue weighted by molar-refractivity contribution is 5.90. The van der Waals surface area contributed by atoms with Crippen molar-refractivity contribution in [2.75, 3.05) is 26.7 Å². The second-order valence-electron chi connectivity index (χ2n) is 9.29. The number of aromatic nitrogens is 1. The van der Waals surface area contributed by atoms with Gasteiger partial charge in [0, 0.05) is 54.2 Å². The van der Waals surface area contributed by atoms with E-state index in [0.717, 1.165) is 32.5 Å². The van der Waals surface area contributed by atoms with E-state index in [2.05, 4.69) is 55.2 Å². The first-order chi connectivity index (χ1) is 13.8. The lowest BCUT2D eigenvalue weighted by Crippen LogP contribution is -2.56. The lowest BCUT2D eigenvalue weighted by atomic mass is 9.73. The highest BCUT2D eigenvalue weighted by Crippen LogP contribution is 2.45. The van der Waals surface area contributed by atoms with Crippen molar-refractivity contribution in [2.24, 2.45) is 0 Å². The number of likely N-dealkylation sites (tertiary alicyclic amines) is 1. The number of fused-ring (bicyclic) bond motifs is 2. The van der Waals surface area contributed by atoms with Crippen molar-refractivity contribution in [3.05, 3.63) is 34.5 Å². The van der Waals surface area contributed by atoms with Gasteiger partial charge in [0.05, 0.1) is 0 Å². The summed E-state index contributed by atoms with van der Waals surface area (Å²) in [5.74, 6) is 0.960. The van der Waals surface area contributed by atoms with Crippen LogP contribution in [0.25, 0.3) is 10.9 Å². The Morgan fingerprint density at radius 3 is 2.69 bits per heavy atom. The zero-order valence-corrected chi connectivity index (χ0v) is 18.8. The molecule has 0 radical (unpaired) electrons. The van der Waals surface area contributed by atoms with Gasteiger partial charge in [-0.3, -0.25) is 0 Å². The molecule has 0 saturated carbocycles. The Balaban J connectivity index is 1.70. The number of piperidine rings is 1. The van der Waals surface area contributed by atoms with Crippen LogP contribution in [0.3, 0.4) is 0 Å². The number of H-pyrrole nitrogens is 1. The van der Waals surface area contributed by atoms with E-state index in [-0.39, 0.29) is 12.1 Å². The van der Waals surface area contributed by atoms with Gasteiger partial charge in [-0.2, -0.15) is 0 Å². The molecule has 0 spiro atoms. The Kier molecular flexibility index (Phi) is 5.36. The van der Waals surface area contributed by atoms with E-state index in [9.17, 15) is 4.79 Å². The summed E-state index contributed by atoms with van der Waals surface area (Å²) in [6.07, 6.45) is 2.11. The van der Waals surface area contributed by atoms with Crippen LogP contribution in [-0.4, -0.2) is 59.6 Å². The number of rotatable bonds is 4. The highest BCUT2D eigenvalue weighted by Gasteiger charge is 2.40. The van der Waals surface area contributed by atoms with Gasteiger partial charge in [-0.15, -0.1) is 0 Å². The van der Waals surface area contributed by atoms with Gasteiger partial charge >= 0.3 is 6.03 Å². The molecule has 1 fully saturated rings. The summed E-state index contributed by atoms with van der Waals surface area (Å²) in [5.41, 5.74) is 6.97. The number of amides is 2. The maximum Gasteiger partial charge on any atom is 0.317 e. The summed E-state index contributed by atoms with van der Waals surface area (Å²) in [7, 11) is 2.23. The maximum absolute atomic E-state index is 12.7. The Labute approximate surface area is 174 Å². The average Bonchev–Trinajstić information content (AvgIpc) is 2.99. The van der Waals surface area contributed by atoms with E-state index in [4.69, 9.17) is 0 Å². The largest absolute Gasteiger partial charge is 0.358 e. The quantitative estimate of drug-likeness (QED) is 0.807. The number of aryl methyl sites for hydroxylation is 1. The zero-order chi connectivity index (χ0) is 20.9. The number of carbonyl (C=O) groups is 1. The number of nitrogens with one attached hydrogen (secondary N) is 2. The first kappa shape index (κ1) is 20.3. The summed E-state index contributed by atoms with van der Waals surface area (Å²) >= 11 is 0. The molecule has 2 aromatic rings. The fourth-order valence-corrected chi connectivity index (χ4v) is 5.52. The standard InChI is InChI=1S/C24H36N4O/c1-7-28(8-2)24(29)26-17-11-19-20-9-16(14(3)4)10-21-23(20)18(15(5)25-21)12-22(19)27(6)13-17/h9-10,14,17,19,22,25H,7-8,11-13H2,1-6H3,(H,26,29)/t17-,19?,22+/m0/s1. The summed E-state index contributed by atoms with van der Waals surface area (Å²) < 4.78 is 0. The SMILES string of the molecule is CCN(CC)C(=O)N[C@H]1CC2c3cc(C(C)C)cc4[nH]c(C)c(c34)C[C@H]2N(C)C1. The topological polar surface area (TPSA) is 51.4 Å². The number of benzene rings is 1. The number of likely N-dealkylation sites (N-methyl/N-ethyl adjacent to an activating group) is 1. The molecule has 1 aliphatic carbocycles. The van der Waals surface area contributed by atoms with Crippen LogP contribution in [0, 0.1) is 6.92 Å². The summed E-state index contributed by atoms with van der Waals surface area (Å²) in [4.78, 5) is 20.7. The molecule has 3 atom stereocenters. The molecule has 0 bridgehead atoms. The summed E-state index contributed by atoms with van der Waals surface area (Å²) in [6, 6.07) is 5.55. The predicted molar refractivity (Wildman–Crippen MR) is 120 cm³/mol. The number of carbonyl (C=O) groups excluding carboxylic acids is 1. The molecule has 158 valence electrons. The van der Waals surface area contributed by atoms with E-state index in [1.54, 1.807) is 0 Å². The van der Waals surface area contributed by atoms with Crippen LogP contribution >= 0.6 is 0 Å². The molecule has 2 heterocycles. The number of hydrogen-bond acceptors (Lipinski definition) is 2. The monoisotopic (exact) mass is 396 g/mol. The molecule has 1 aliphatic heterocycles. The summed E-state index contributed by atoms with van der Waals surface area (Å²) in [5, 5.41) is 4.76. The molecule has 2 aliphatic rings. The van der Waals surface area contributed by atoms with Gasteiger partial charge in [0.15, 0.2) is 0 Å². The molecular weight excluding hydrogens is 360 g/mol. The van der Waals surface area contributed by atoms with Crippen molar-refractivity contribution in [1.82, 2.24) is 20.1 Å². The fraction of sp³-hybridized carbons (Fsp3) is 0.625. The van der Waals surface area contributed by atoms with Gasteiger partial charge in [-0.05, 0) is 69.3 Å². The molecule has 2 amide bonds. The van der Waals surface area contributed by atoms with Crippen LogP contribution in [-0.2, 0) is 6.42 Å². The maximum atomic E-state index is 12.7. The van der Waals surface area contributed by atoms with Crippen LogP contribution < -0.4 is 5.32 Å². The Bertz CT molecular complexity index is 911. The first-order valence-electron chi connectivity index (χ1n) is 11.2. The molecule has 1 aromatic heterocycles. The minimum atomic E-state index is 0.0712. The van der Waals surface area contributed by atoms with Crippen LogP contribution in [0.4, 0.5) is 4.79 Å². The lowest BCUT2D eigenvalue weighted by Gasteiger charge is -2.46. The van der Waals surface area contributed by atoms with Gasteiger partial charge < -0.3 is 20.1 Å². The number of aromatic amines is 1. The lowest BCUT2D eigenvalue weighted by molar-refractivity contribution is 0.124. The number of nitrogens with zero attached hydrogens (tertiary/aromatic N) is 2. The molecule has 2 N–H and O–H groups in total. The van der Waals surface area contributed by atoms with Gasteiger partial charge in [0.2, 0.25) is 0 Å². The van der Waals surface area contributed by atoms with Gasteiger partial charge in [-0.1, -0.05) is 19.9 Å². The second-order valence-corrected chi connectivity index (χ2v) is 9.29. The first-order valence-corrected chi connectivity index (χ1v) is 11.2. The molecule has 29 heavy (non-hydrogen) atoms. The smallest absolute Gasteiger partial charge is 0.317 e. The van der Waals surface area contributed by atoms with E-state index < -0.39 is 0 Å². The van der Waals surface area contributed by atoms with Crippen molar-refractivity contribution >= 4 is 16.9 Å². The number of hydrogen-bond donors (Lipinski definition) is 2. The minimum Gasteiger partial charge on any atom is -0.358 e. The number of urea groups is 1. The van der Waals surface area contributed by atoms with Crippen LogP contribution in [0.1, 0.15) is 68.3 Å². The molecule has 4 rings (SSSR count). The van der Waals surface area contributed by atoms with Crippen molar-refractivity contribution < 1.29 is 4.79 Å². The average molecular weight is 397 g/mol. The molecule has 1 aromatic carbocycles. The Morgan fingerprint density at radius 1 is 1.31 bits per heavy atom. The molecule has 5 nitrogen and oxygen atoms in total. The van der Waals surface area contributed by atoms with Crippen LogP contribution in [0.15, 0.2) is 12.1 Å². The molecular formula is C24H36N4O. The van der Waals surface area contributed by atoms with Crippen LogP contribution in [0.2, 0.25) is 0 Å². The Hall–Kier alpha value is -2.01. The van der Waals surface area contributed by atoms with Crippen molar-refractivity contribution in [3.63, 3.8) is 0 Å². The van der Waals surface area contributed by atoms with E-state index in [1.165, 1.54) is 33.3 Å². The van der Waals surface area contributed by atoms with Crippen molar-refractivity contribution in [1.29, 1.82) is 0 Å². The van der Waals surface area contributed by atoms with E-state index in [0.29, 0.717) is 17.9 Å². The third-order valence-corrected chi connectivity index (χ3v) is 7.20. The van der Waals surface area contributed by atoms with Gasteiger partial charge in [0.25, 0.3) is 0 Å². The Morgan fingerprint density at radius 2 is 2.03 bits per heavy atom. The summed E-state index contributed by atoms with van der Waals surface area (Å²) in [6.45, 7) is 13.2. The van der Waals surface area contributed by atoms with Gasteiger partial charge in [-0.25, -0.2) is 4.79 Å².